The Balaban J connectivity index is 1.58. The third-order valence-corrected chi connectivity index (χ3v) is 11.3. The number of carbonyl (C=O) groups excluding carboxylic acids is 3. The Labute approximate surface area is 314 Å². The van der Waals surface area contributed by atoms with Crippen molar-refractivity contribution in [3.63, 3.8) is 0 Å². The molecule has 3 aromatic rings. The van der Waals surface area contributed by atoms with Gasteiger partial charge in [-0.25, -0.2) is 28.0 Å². The van der Waals surface area contributed by atoms with Gasteiger partial charge in [-0.1, -0.05) is 64.1 Å². The number of aldehydes is 1. The molecule has 1 aliphatic heterocycles. The zero-order chi connectivity index (χ0) is 38.9. The summed E-state index contributed by atoms with van der Waals surface area (Å²) in [7, 11) is -4.28. The lowest BCUT2D eigenvalue weighted by atomic mass is 9.97. The number of aliphatic hydroxyl groups is 1. The van der Waals surface area contributed by atoms with E-state index in [1.807, 2.05) is 70.3 Å². The highest BCUT2D eigenvalue weighted by molar-refractivity contribution is 7.89. The molecule has 53 heavy (non-hydrogen) atoms. The van der Waals surface area contributed by atoms with E-state index in [0.717, 1.165) is 20.6 Å². The lowest BCUT2D eigenvalue weighted by Crippen LogP contribution is -2.57. The predicted octanol–water partition coefficient (Wildman–Crippen LogP) is 3.65. The smallest absolute Gasteiger partial charge is 0.426 e. The van der Waals surface area contributed by atoms with Crippen LogP contribution in [0.2, 0.25) is 0 Å². The Morgan fingerprint density at radius 1 is 1.06 bits per heavy atom. The summed E-state index contributed by atoms with van der Waals surface area (Å²) < 4.78 is 29.4. The zero-order valence-corrected chi connectivity index (χ0v) is 32.2. The normalized spacial score (nSPS) is 15.2. The molecule has 0 radical (unpaired) electrons. The molecule has 1 aromatic heterocycles. The van der Waals surface area contributed by atoms with Gasteiger partial charge in [-0.3, -0.25) is 10.2 Å². The second kappa shape index (κ2) is 18.4. The number of carbonyl (C=O) groups is 4. The van der Waals surface area contributed by atoms with E-state index in [1.54, 1.807) is 9.80 Å². The molecule has 0 unspecified atom stereocenters. The Morgan fingerprint density at radius 2 is 1.77 bits per heavy atom. The number of thiazole rings is 1. The molecule has 3 atom stereocenters. The van der Waals surface area contributed by atoms with Crippen molar-refractivity contribution >= 4 is 51.4 Å². The van der Waals surface area contributed by atoms with Gasteiger partial charge >= 0.3 is 12.1 Å². The third-order valence-electron chi connectivity index (χ3n) is 8.66. The van der Waals surface area contributed by atoms with Crippen LogP contribution in [0.5, 0.6) is 0 Å². The molecule has 2 heterocycles. The van der Waals surface area contributed by atoms with Gasteiger partial charge in [0.1, 0.15) is 18.9 Å². The van der Waals surface area contributed by atoms with Gasteiger partial charge in [0.2, 0.25) is 15.9 Å². The number of carboxylic acid groups (broad SMARTS) is 1. The van der Waals surface area contributed by atoms with Crippen molar-refractivity contribution in [3.05, 3.63) is 76.2 Å². The lowest BCUT2D eigenvalue weighted by molar-refractivity contribution is -0.128. The number of benzene rings is 2. The Kier molecular flexibility index (Phi) is 14.3. The summed E-state index contributed by atoms with van der Waals surface area (Å²) in [6, 6.07) is 12.6. The van der Waals surface area contributed by atoms with Crippen molar-refractivity contribution in [2.45, 2.75) is 70.7 Å². The Morgan fingerprint density at radius 3 is 2.38 bits per heavy atom. The minimum absolute atomic E-state index is 0.0285. The van der Waals surface area contributed by atoms with Crippen LogP contribution in [0.25, 0.3) is 0 Å². The van der Waals surface area contributed by atoms with Crippen molar-refractivity contribution in [2.75, 3.05) is 38.1 Å². The maximum absolute atomic E-state index is 14.1. The molecule has 4 N–H and O–H groups in total. The standard InChI is InChI=1S/C36H49N7O8S2/c1-24(2)20-41(53(50,51)30-13-9-12-28(19-30)39-43(16-17-44)36(48)49)22-32(45)31(18-27-10-7-6-8-11-27)38-34(46)33(25(3)4)42-15-14-40(35(42)47)21-29-23-52-26(5)37-29/h6-13,17,19,23-25,31-33,39,45H,14-16,18,20-22H2,1-5H3,(H,38,46)(H,48,49)/t31-,32+,33-/m0/s1. The van der Waals surface area contributed by atoms with Gasteiger partial charge in [0.25, 0.3) is 0 Å². The monoisotopic (exact) mass is 771 g/mol. The number of hydrogen-bond acceptors (Lipinski definition) is 10. The quantitative estimate of drug-likeness (QED) is 0.103. The fourth-order valence-corrected chi connectivity index (χ4v) is 8.47. The first-order valence-electron chi connectivity index (χ1n) is 17.4. The summed E-state index contributed by atoms with van der Waals surface area (Å²) in [5.74, 6) is -0.898. The number of nitrogens with zero attached hydrogens (tertiary/aromatic N) is 5. The Hall–Kier alpha value is -4.58. The molecule has 4 amide bonds. The maximum Gasteiger partial charge on any atom is 0.426 e. The van der Waals surface area contributed by atoms with Gasteiger partial charge in [-0.05, 0) is 48.9 Å². The average Bonchev–Trinajstić information content (AvgIpc) is 3.68. The third kappa shape index (κ3) is 11.0. The van der Waals surface area contributed by atoms with Gasteiger partial charge in [0.05, 0.1) is 40.0 Å². The van der Waals surface area contributed by atoms with E-state index < -0.39 is 46.8 Å². The zero-order valence-electron chi connectivity index (χ0n) is 30.6. The number of amides is 4. The van der Waals surface area contributed by atoms with E-state index in [4.69, 9.17) is 0 Å². The SMILES string of the molecule is Cc1nc(CN2CCN([C@H](C(=O)N[C@@H](Cc3ccccc3)[C@H](O)CN(CC(C)C)S(=O)(=O)c3cccc(NN(CC=O)C(=O)O)c3)C(C)C)C2=O)cs1. The molecule has 17 heteroatoms. The molecule has 2 aromatic carbocycles. The minimum atomic E-state index is -4.28. The van der Waals surface area contributed by atoms with Gasteiger partial charge in [0.15, 0.2) is 0 Å². The first-order valence-corrected chi connectivity index (χ1v) is 19.7. The number of urea groups is 1. The largest absolute Gasteiger partial charge is 0.464 e. The van der Waals surface area contributed by atoms with Crippen LogP contribution in [-0.4, -0.2) is 118 Å². The van der Waals surface area contributed by atoms with E-state index in [0.29, 0.717) is 30.9 Å². The number of aliphatic hydroxyl groups excluding tert-OH is 1. The summed E-state index contributed by atoms with van der Waals surface area (Å²) in [5.41, 5.74) is 4.23. The minimum Gasteiger partial charge on any atom is -0.464 e. The van der Waals surface area contributed by atoms with Crippen molar-refractivity contribution in [1.82, 2.24) is 29.4 Å². The molecule has 0 spiro atoms. The molecular weight excluding hydrogens is 723 g/mol. The lowest BCUT2D eigenvalue weighted by Gasteiger charge is -2.34. The fraction of sp³-hybridized carbons (Fsp3) is 0.472. The van der Waals surface area contributed by atoms with Gasteiger partial charge < -0.3 is 30.1 Å². The fourth-order valence-electron chi connectivity index (χ4n) is 6.20. The van der Waals surface area contributed by atoms with Gasteiger partial charge in [-0.2, -0.15) is 4.31 Å². The summed E-state index contributed by atoms with van der Waals surface area (Å²) in [4.78, 5) is 57.8. The van der Waals surface area contributed by atoms with Crippen LogP contribution < -0.4 is 10.7 Å². The second-order valence-corrected chi connectivity index (χ2v) is 16.7. The number of sulfonamides is 1. The predicted molar refractivity (Wildman–Crippen MR) is 201 cm³/mol. The number of hydrogen-bond donors (Lipinski definition) is 4. The van der Waals surface area contributed by atoms with Crippen LogP contribution in [-0.2, 0) is 32.6 Å². The van der Waals surface area contributed by atoms with E-state index >= 15 is 0 Å². The van der Waals surface area contributed by atoms with Crippen LogP contribution in [0.15, 0.2) is 64.9 Å². The first-order chi connectivity index (χ1) is 25.1. The molecule has 0 aliphatic carbocycles. The van der Waals surface area contributed by atoms with Crippen molar-refractivity contribution in [3.8, 4) is 0 Å². The number of aryl methyl sites for hydroxylation is 1. The molecule has 0 bridgehead atoms. The van der Waals surface area contributed by atoms with Gasteiger partial charge in [-0.15, -0.1) is 11.3 Å². The highest BCUT2D eigenvalue weighted by atomic mass is 32.2. The summed E-state index contributed by atoms with van der Waals surface area (Å²) in [5, 5.41) is 27.6. The van der Waals surface area contributed by atoms with Crippen LogP contribution in [0.4, 0.5) is 15.3 Å². The Bertz CT molecular complexity index is 1820. The maximum atomic E-state index is 14.1. The van der Waals surface area contributed by atoms with Crippen molar-refractivity contribution in [1.29, 1.82) is 0 Å². The van der Waals surface area contributed by atoms with E-state index in [9.17, 15) is 37.8 Å². The van der Waals surface area contributed by atoms with Gasteiger partial charge in [0, 0.05) is 31.6 Å². The highest BCUT2D eigenvalue weighted by Crippen LogP contribution is 2.24. The van der Waals surface area contributed by atoms with Crippen LogP contribution >= 0.6 is 11.3 Å². The molecule has 15 nitrogen and oxygen atoms in total. The molecule has 0 saturated carbocycles. The molecule has 1 saturated heterocycles. The number of aromatic nitrogens is 1. The summed E-state index contributed by atoms with van der Waals surface area (Å²) in [6.45, 7) is 9.51. The van der Waals surface area contributed by atoms with Crippen molar-refractivity contribution in [2.24, 2.45) is 11.8 Å². The molecule has 288 valence electrons. The first kappa shape index (κ1) is 41.2. The summed E-state index contributed by atoms with van der Waals surface area (Å²) >= 11 is 1.50. The molecular formula is C36H49N7O8S2. The van der Waals surface area contributed by atoms with E-state index in [-0.39, 0.29) is 48.0 Å². The molecule has 1 fully saturated rings. The number of anilines is 1. The van der Waals surface area contributed by atoms with Crippen LogP contribution in [0, 0.1) is 18.8 Å². The number of nitrogens with one attached hydrogen (secondary N) is 2. The van der Waals surface area contributed by atoms with E-state index in [2.05, 4.69) is 15.7 Å². The van der Waals surface area contributed by atoms with E-state index in [1.165, 1.54) is 35.6 Å². The van der Waals surface area contributed by atoms with Crippen LogP contribution in [0.3, 0.4) is 0 Å². The highest BCUT2D eigenvalue weighted by Gasteiger charge is 2.40. The summed E-state index contributed by atoms with van der Waals surface area (Å²) in [6.07, 6.45) is -2.24. The second-order valence-electron chi connectivity index (χ2n) is 13.7. The number of rotatable bonds is 19. The van der Waals surface area contributed by atoms with Crippen molar-refractivity contribution < 1.29 is 37.8 Å². The van der Waals surface area contributed by atoms with Crippen LogP contribution in [0.1, 0.15) is 44.0 Å². The molecule has 4 rings (SSSR count). The average molecular weight is 772 g/mol. The topological polar surface area (TPSA) is 193 Å². The molecule has 1 aliphatic rings. The number of hydrazine groups is 1.